The normalized spacial score (nSPS) is 11.5. The molecule has 0 amide bonds. The number of nitrogens with zero attached hydrogens (tertiary/aromatic N) is 5. The standard InChI is InChI=1S/C29H34N6O7/c1-6-39-16-23-30-25(29(4,5)38)24(27(36)40-17-41-28(37)42-18(2)3)35(23)15-19-11-13-20(14-12-19)21-9-7-8-10-22(21)26-31-33-34-32-26/h7-14,18,38H,6,15-17H2,1-5H3,(H,31,32,33,34). The monoisotopic (exact) mass is 578 g/mol. The smallest absolute Gasteiger partial charge is 0.431 e. The quantitative estimate of drug-likeness (QED) is 0.183. The van der Waals surface area contributed by atoms with Crippen LogP contribution in [0, 0.1) is 0 Å². The van der Waals surface area contributed by atoms with Crippen molar-refractivity contribution in [2.75, 3.05) is 13.4 Å². The lowest BCUT2D eigenvalue weighted by molar-refractivity contribution is -0.0355. The Bertz CT molecular complexity index is 1490. The summed E-state index contributed by atoms with van der Waals surface area (Å²) < 4.78 is 22.2. The van der Waals surface area contributed by atoms with Crippen LogP contribution in [0.15, 0.2) is 48.5 Å². The van der Waals surface area contributed by atoms with Crippen LogP contribution < -0.4 is 0 Å². The second-order valence-electron chi connectivity index (χ2n) is 10.1. The number of imidazole rings is 1. The minimum atomic E-state index is -1.49. The van der Waals surface area contributed by atoms with Gasteiger partial charge in [0, 0.05) is 18.7 Å². The molecule has 2 aromatic heterocycles. The van der Waals surface area contributed by atoms with E-state index in [1.807, 2.05) is 55.5 Å². The number of hydrogen-bond acceptors (Lipinski definition) is 11. The van der Waals surface area contributed by atoms with Gasteiger partial charge >= 0.3 is 12.1 Å². The van der Waals surface area contributed by atoms with E-state index in [9.17, 15) is 14.7 Å². The number of carbonyl (C=O) groups excluding carboxylic acids is 2. The molecule has 0 fully saturated rings. The molecule has 4 aromatic rings. The van der Waals surface area contributed by atoms with Crippen molar-refractivity contribution in [2.45, 2.75) is 59.5 Å². The molecule has 2 N–H and O–H groups in total. The fourth-order valence-corrected chi connectivity index (χ4v) is 4.21. The van der Waals surface area contributed by atoms with E-state index >= 15 is 0 Å². The van der Waals surface area contributed by atoms with Gasteiger partial charge < -0.3 is 28.6 Å². The summed E-state index contributed by atoms with van der Waals surface area (Å²) >= 11 is 0. The first-order valence-corrected chi connectivity index (χ1v) is 13.4. The van der Waals surface area contributed by atoms with Crippen LogP contribution in [0.1, 0.15) is 62.2 Å². The first-order chi connectivity index (χ1) is 20.1. The zero-order valence-electron chi connectivity index (χ0n) is 24.2. The number of nitrogens with one attached hydrogen (secondary N) is 1. The van der Waals surface area contributed by atoms with Gasteiger partial charge in [-0.2, -0.15) is 5.21 Å². The number of tetrazole rings is 1. The maximum absolute atomic E-state index is 13.3. The topological polar surface area (TPSA) is 164 Å². The van der Waals surface area contributed by atoms with Crippen molar-refractivity contribution in [3.63, 3.8) is 0 Å². The van der Waals surface area contributed by atoms with Gasteiger partial charge in [-0.05, 0) is 56.5 Å². The SMILES string of the molecule is CCOCc1nc(C(C)(C)O)c(C(=O)OCOC(=O)OC(C)C)n1Cc1ccc(-c2ccccc2-c2nn[nH]n2)cc1. The molecule has 0 saturated carbocycles. The Morgan fingerprint density at radius 3 is 2.38 bits per heavy atom. The van der Waals surface area contributed by atoms with Crippen molar-refractivity contribution in [3.05, 3.63) is 71.3 Å². The second-order valence-corrected chi connectivity index (χ2v) is 10.1. The van der Waals surface area contributed by atoms with Gasteiger partial charge in [0.1, 0.15) is 23.7 Å². The van der Waals surface area contributed by atoms with Crippen molar-refractivity contribution in [2.24, 2.45) is 0 Å². The second kappa shape index (κ2) is 13.4. The van der Waals surface area contributed by atoms with Crippen molar-refractivity contribution < 1.29 is 33.6 Å². The lowest BCUT2D eigenvalue weighted by Gasteiger charge is -2.18. The van der Waals surface area contributed by atoms with Crippen LogP contribution in [0.2, 0.25) is 0 Å². The fourth-order valence-electron chi connectivity index (χ4n) is 4.21. The average Bonchev–Trinajstić information content (AvgIpc) is 3.61. The summed E-state index contributed by atoms with van der Waals surface area (Å²) in [6.45, 7) is 8.29. The highest BCUT2D eigenvalue weighted by Crippen LogP contribution is 2.31. The Hall–Kier alpha value is -4.62. The van der Waals surface area contributed by atoms with Gasteiger partial charge in [-0.3, -0.25) is 0 Å². The minimum Gasteiger partial charge on any atom is -0.431 e. The molecule has 0 aliphatic carbocycles. The summed E-state index contributed by atoms with van der Waals surface area (Å²) in [5.41, 5.74) is 2.17. The highest BCUT2D eigenvalue weighted by Gasteiger charge is 2.33. The van der Waals surface area contributed by atoms with E-state index in [1.165, 1.54) is 13.8 Å². The molecule has 222 valence electrons. The van der Waals surface area contributed by atoms with Gasteiger partial charge in [0.05, 0.1) is 6.10 Å². The predicted molar refractivity (Wildman–Crippen MR) is 150 cm³/mol. The van der Waals surface area contributed by atoms with Crippen LogP contribution in [0.3, 0.4) is 0 Å². The Morgan fingerprint density at radius 2 is 1.76 bits per heavy atom. The van der Waals surface area contributed by atoms with Crippen LogP contribution in [0.5, 0.6) is 0 Å². The Morgan fingerprint density at radius 1 is 1.05 bits per heavy atom. The van der Waals surface area contributed by atoms with Gasteiger partial charge in [-0.25, -0.2) is 14.6 Å². The van der Waals surface area contributed by atoms with Gasteiger partial charge in [0.15, 0.2) is 5.69 Å². The van der Waals surface area contributed by atoms with Crippen LogP contribution in [0.4, 0.5) is 4.79 Å². The molecule has 0 saturated heterocycles. The molecular weight excluding hydrogens is 544 g/mol. The molecule has 4 rings (SSSR count). The Balaban J connectivity index is 1.64. The molecule has 2 aromatic carbocycles. The number of aromatic nitrogens is 6. The number of esters is 1. The summed E-state index contributed by atoms with van der Waals surface area (Å²) in [7, 11) is 0. The Labute approximate surface area is 242 Å². The lowest BCUT2D eigenvalue weighted by Crippen LogP contribution is -2.24. The maximum Gasteiger partial charge on any atom is 0.511 e. The molecule has 0 spiro atoms. The molecule has 42 heavy (non-hydrogen) atoms. The summed E-state index contributed by atoms with van der Waals surface area (Å²) in [5.74, 6) is 0.0791. The first-order valence-electron chi connectivity index (χ1n) is 13.4. The number of rotatable bonds is 12. The van der Waals surface area contributed by atoms with Crippen molar-refractivity contribution in [1.82, 2.24) is 30.2 Å². The number of aromatic amines is 1. The van der Waals surface area contributed by atoms with E-state index in [2.05, 4.69) is 25.6 Å². The molecule has 0 unspecified atom stereocenters. The van der Waals surface area contributed by atoms with Gasteiger partial charge in [-0.1, -0.05) is 48.5 Å². The van der Waals surface area contributed by atoms with E-state index in [-0.39, 0.29) is 24.5 Å². The number of benzene rings is 2. The Kier molecular flexibility index (Phi) is 9.65. The van der Waals surface area contributed by atoms with E-state index < -0.39 is 30.6 Å². The zero-order chi connectivity index (χ0) is 30.3. The van der Waals surface area contributed by atoms with E-state index in [0.29, 0.717) is 18.3 Å². The average molecular weight is 579 g/mol. The van der Waals surface area contributed by atoms with E-state index in [4.69, 9.17) is 18.9 Å². The number of hydrogen-bond donors (Lipinski definition) is 2. The zero-order valence-corrected chi connectivity index (χ0v) is 24.2. The van der Waals surface area contributed by atoms with E-state index in [0.717, 1.165) is 22.3 Å². The molecule has 0 bridgehead atoms. The van der Waals surface area contributed by atoms with Crippen LogP contribution >= 0.6 is 0 Å². The van der Waals surface area contributed by atoms with Crippen molar-refractivity contribution in [3.8, 4) is 22.5 Å². The summed E-state index contributed by atoms with van der Waals surface area (Å²) in [6, 6.07) is 15.5. The van der Waals surface area contributed by atoms with Crippen molar-refractivity contribution >= 4 is 12.1 Å². The van der Waals surface area contributed by atoms with Gasteiger partial charge in [0.25, 0.3) is 0 Å². The number of carbonyl (C=O) groups is 2. The van der Waals surface area contributed by atoms with Crippen LogP contribution in [-0.2, 0) is 37.7 Å². The summed E-state index contributed by atoms with van der Waals surface area (Å²) in [5, 5.41) is 25.2. The molecule has 13 nitrogen and oxygen atoms in total. The van der Waals surface area contributed by atoms with E-state index in [1.54, 1.807) is 18.4 Å². The van der Waals surface area contributed by atoms with Gasteiger partial charge in [-0.15, -0.1) is 10.2 Å². The molecule has 0 atom stereocenters. The lowest BCUT2D eigenvalue weighted by atomic mass is 9.98. The third kappa shape index (κ3) is 7.36. The third-order valence-electron chi connectivity index (χ3n) is 6.07. The van der Waals surface area contributed by atoms with Crippen molar-refractivity contribution in [1.29, 1.82) is 0 Å². The third-order valence-corrected chi connectivity index (χ3v) is 6.07. The van der Waals surface area contributed by atoms with Crippen LogP contribution in [0.25, 0.3) is 22.5 Å². The molecule has 13 heteroatoms. The van der Waals surface area contributed by atoms with Gasteiger partial charge in [0.2, 0.25) is 12.6 Å². The fraction of sp³-hybridized carbons (Fsp3) is 0.379. The highest BCUT2D eigenvalue weighted by atomic mass is 16.8. The highest BCUT2D eigenvalue weighted by molar-refractivity contribution is 5.89. The summed E-state index contributed by atoms with van der Waals surface area (Å²) in [6.07, 6.45) is -1.36. The number of ether oxygens (including phenoxy) is 4. The minimum absolute atomic E-state index is 0.0181. The molecule has 0 aliphatic rings. The largest absolute Gasteiger partial charge is 0.511 e. The maximum atomic E-state index is 13.3. The molecular formula is C29H34N6O7. The summed E-state index contributed by atoms with van der Waals surface area (Å²) in [4.78, 5) is 29.6. The first kappa shape index (κ1) is 30.3. The number of aliphatic hydroxyl groups is 1. The van der Waals surface area contributed by atoms with Crippen LogP contribution in [-0.4, -0.2) is 66.9 Å². The number of H-pyrrole nitrogens is 1. The molecule has 2 heterocycles. The molecule has 0 aliphatic heterocycles. The molecule has 0 radical (unpaired) electrons. The predicted octanol–water partition coefficient (Wildman–Crippen LogP) is 4.22.